The van der Waals surface area contributed by atoms with Crippen LogP contribution in [0, 0.1) is 6.92 Å². The Kier molecular flexibility index (Phi) is 4.75. The molecule has 0 aliphatic rings. The number of anilines is 1. The lowest BCUT2D eigenvalue weighted by Crippen LogP contribution is -2.11. The van der Waals surface area contributed by atoms with Crippen LogP contribution in [0.15, 0.2) is 86.4 Å². The second kappa shape index (κ2) is 7.74. The molecule has 2 heterocycles. The second-order valence-electron chi connectivity index (χ2n) is 7.50. The zero-order valence-corrected chi connectivity index (χ0v) is 17.5. The van der Waals surface area contributed by atoms with Crippen molar-refractivity contribution in [2.75, 3.05) is 12.4 Å². The molecule has 0 aliphatic heterocycles. The summed E-state index contributed by atoms with van der Waals surface area (Å²) in [5, 5.41) is 3.92. The van der Waals surface area contributed by atoms with Gasteiger partial charge >= 0.3 is 0 Å². The van der Waals surface area contributed by atoms with Crippen LogP contribution in [0.5, 0.6) is 5.75 Å². The van der Waals surface area contributed by atoms with Gasteiger partial charge in [-0.3, -0.25) is 9.59 Å². The maximum atomic E-state index is 12.7. The summed E-state index contributed by atoms with van der Waals surface area (Å²) in [5.74, 6) is 0.763. The van der Waals surface area contributed by atoms with Crippen molar-refractivity contribution < 1.29 is 18.4 Å². The Morgan fingerprint density at radius 3 is 2.53 bits per heavy atom. The molecule has 0 bridgehead atoms. The zero-order valence-electron chi connectivity index (χ0n) is 17.5. The number of methoxy groups -OCH3 is 1. The Bertz CT molecular complexity index is 1530. The van der Waals surface area contributed by atoms with Gasteiger partial charge in [-0.1, -0.05) is 42.0 Å². The minimum Gasteiger partial charge on any atom is -0.493 e. The van der Waals surface area contributed by atoms with Crippen LogP contribution in [0.2, 0.25) is 0 Å². The van der Waals surface area contributed by atoms with Crippen LogP contribution in [0.4, 0.5) is 5.69 Å². The summed E-state index contributed by atoms with van der Waals surface area (Å²) >= 11 is 0. The zero-order chi connectivity index (χ0) is 22.2. The number of rotatable bonds is 4. The van der Waals surface area contributed by atoms with Gasteiger partial charge in [-0.05, 0) is 37.3 Å². The van der Waals surface area contributed by atoms with E-state index in [1.165, 1.54) is 6.07 Å². The van der Waals surface area contributed by atoms with E-state index in [2.05, 4.69) is 5.32 Å². The molecule has 32 heavy (non-hydrogen) atoms. The molecule has 0 saturated carbocycles. The van der Waals surface area contributed by atoms with Gasteiger partial charge in [0.25, 0.3) is 5.91 Å². The number of ether oxygens (including phenoxy) is 1. The highest BCUT2D eigenvalue weighted by molar-refractivity contribution is 6.05. The van der Waals surface area contributed by atoms with Gasteiger partial charge in [0, 0.05) is 22.7 Å². The van der Waals surface area contributed by atoms with Crippen molar-refractivity contribution in [3.05, 3.63) is 94.3 Å². The van der Waals surface area contributed by atoms with Crippen molar-refractivity contribution in [2.45, 2.75) is 6.92 Å². The Balaban J connectivity index is 1.45. The number of hydrogen-bond acceptors (Lipinski definition) is 5. The molecule has 0 radical (unpaired) electrons. The smallest absolute Gasteiger partial charge is 0.291 e. The van der Waals surface area contributed by atoms with Gasteiger partial charge in [-0.2, -0.15) is 0 Å². The van der Waals surface area contributed by atoms with Crippen molar-refractivity contribution in [1.29, 1.82) is 0 Å². The number of fused-ring (bicyclic) bond motifs is 2. The molecular weight excluding hydrogens is 406 g/mol. The summed E-state index contributed by atoms with van der Waals surface area (Å²) in [6, 6.07) is 21.3. The maximum absolute atomic E-state index is 12.7. The topological polar surface area (TPSA) is 81.7 Å². The Hall–Kier alpha value is -4.32. The first-order valence-corrected chi connectivity index (χ1v) is 10.0. The fourth-order valence-electron chi connectivity index (χ4n) is 3.60. The lowest BCUT2D eigenvalue weighted by Gasteiger charge is -2.07. The van der Waals surface area contributed by atoms with Gasteiger partial charge in [0.15, 0.2) is 22.5 Å². The monoisotopic (exact) mass is 425 g/mol. The first-order valence-electron chi connectivity index (χ1n) is 10.0. The van der Waals surface area contributed by atoms with Crippen LogP contribution in [0.25, 0.3) is 33.3 Å². The third-order valence-electron chi connectivity index (χ3n) is 5.27. The molecular formula is C26H19NO5. The molecule has 3 aromatic carbocycles. The average Bonchev–Trinajstić information content (AvgIpc) is 3.24. The average molecular weight is 425 g/mol. The molecule has 5 aromatic rings. The van der Waals surface area contributed by atoms with Crippen LogP contribution in [0.3, 0.4) is 0 Å². The molecule has 6 nitrogen and oxygen atoms in total. The SMILES string of the molecule is COc1cccc2cc(C(=O)Nc3ccc4oc(-c5ccc(C)cc5)cc(=O)c4c3)oc12. The van der Waals surface area contributed by atoms with Crippen molar-refractivity contribution in [3.63, 3.8) is 0 Å². The fraction of sp³-hybridized carbons (Fsp3) is 0.0769. The number of para-hydroxylation sites is 1. The summed E-state index contributed by atoms with van der Waals surface area (Å²) in [7, 11) is 1.54. The summed E-state index contributed by atoms with van der Waals surface area (Å²) in [5.41, 5.74) is 3.17. The molecule has 0 spiro atoms. The van der Waals surface area contributed by atoms with E-state index in [-0.39, 0.29) is 11.2 Å². The van der Waals surface area contributed by atoms with Crippen molar-refractivity contribution >= 4 is 33.5 Å². The summed E-state index contributed by atoms with van der Waals surface area (Å²) in [4.78, 5) is 25.5. The van der Waals surface area contributed by atoms with E-state index in [4.69, 9.17) is 13.6 Å². The van der Waals surface area contributed by atoms with Crippen molar-refractivity contribution in [3.8, 4) is 17.1 Å². The van der Waals surface area contributed by atoms with Crippen LogP contribution in [0.1, 0.15) is 16.1 Å². The third-order valence-corrected chi connectivity index (χ3v) is 5.27. The maximum Gasteiger partial charge on any atom is 0.291 e. The molecule has 0 aliphatic carbocycles. The van der Waals surface area contributed by atoms with E-state index < -0.39 is 5.91 Å². The molecule has 0 saturated heterocycles. The lowest BCUT2D eigenvalue weighted by molar-refractivity contribution is 0.0998. The van der Waals surface area contributed by atoms with Crippen molar-refractivity contribution in [2.24, 2.45) is 0 Å². The van der Waals surface area contributed by atoms with Crippen LogP contribution < -0.4 is 15.5 Å². The Labute approximate surface area is 183 Å². The summed E-state index contributed by atoms with van der Waals surface area (Å²) in [6.45, 7) is 2.00. The van der Waals surface area contributed by atoms with Gasteiger partial charge < -0.3 is 18.9 Å². The molecule has 5 rings (SSSR count). The largest absolute Gasteiger partial charge is 0.493 e. The number of amides is 1. The first-order chi connectivity index (χ1) is 15.5. The molecule has 2 aromatic heterocycles. The summed E-state index contributed by atoms with van der Waals surface area (Å²) < 4.78 is 16.9. The third kappa shape index (κ3) is 3.52. The fourth-order valence-corrected chi connectivity index (χ4v) is 3.60. The lowest BCUT2D eigenvalue weighted by atomic mass is 10.1. The number of aryl methyl sites for hydroxylation is 1. The van der Waals surface area contributed by atoms with Gasteiger partial charge in [0.2, 0.25) is 0 Å². The molecule has 0 unspecified atom stereocenters. The number of nitrogens with one attached hydrogen (secondary N) is 1. The van der Waals surface area contributed by atoms with E-state index in [0.29, 0.717) is 33.7 Å². The molecule has 0 fully saturated rings. The quantitative estimate of drug-likeness (QED) is 0.395. The number of carbonyl (C=O) groups is 1. The minimum atomic E-state index is -0.428. The summed E-state index contributed by atoms with van der Waals surface area (Å²) in [6.07, 6.45) is 0. The molecule has 1 amide bonds. The van der Waals surface area contributed by atoms with Gasteiger partial charge in [-0.15, -0.1) is 0 Å². The van der Waals surface area contributed by atoms with E-state index in [1.54, 1.807) is 37.4 Å². The van der Waals surface area contributed by atoms with E-state index >= 15 is 0 Å². The number of hydrogen-bond donors (Lipinski definition) is 1. The molecule has 6 heteroatoms. The Morgan fingerprint density at radius 1 is 0.938 bits per heavy atom. The highest BCUT2D eigenvalue weighted by atomic mass is 16.5. The van der Waals surface area contributed by atoms with Crippen LogP contribution >= 0.6 is 0 Å². The van der Waals surface area contributed by atoms with Gasteiger partial charge in [-0.25, -0.2) is 0 Å². The number of benzene rings is 3. The standard InChI is InChI=1S/C26H19NO5/c1-15-6-8-16(9-7-15)23-14-20(28)19-13-18(10-11-21(19)31-23)27-26(29)24-12-17-4-3-5-22(30-2)25(17)32-24/h3-14H,1-2H3,(H,27,29). The predicted octanol–water partition coefficient (Wildman–Crippen LogP) is 5.78. The minimum absolute atomic E-state index is 0.145. The predicted molar refractivity (Wildman–Crippen MR) is 123 cm³/mol. The van der Waals surface area contributed by atoms with E-state index in [1.807, 2.05) is 43.3 Å². The van der Waals surface area contributed by atoms with Gasteiger partial charge in [0.05, 0.1) is 12.5 Å². The highest BCUT2D eigenvalue weighted by Gasteiger charge is 2.16. The molecule has 0 atom stereocenters. The van der Waals surface area contributed by atoms with Gasteiger partial charge in [0.1, 0.15) is 11.3 Å². The second-order valence-corrected chi connectivity index (χ2v) is 7.50. The molecule has 158 valence electrons. The van der Waals surface area contributed by atoms with Crippen LogP contribution in [-0.2, 0) is 0 Å². The number of furan rings is 1. The number of carbonyl (C=O) groups excluding carboxylic acids is 1. The molecule has 1 N–H and O–H groups in total. The van der Waals surface area contributed by atoms with Crippen molar-refractivity contribution in [1.82, 2.24) is 0 Å². The highest BCUT2D eigenvalue weighted by Crippen LogP contribution is 2.29. The first kappa shape index (κ1) is 19.6. The van der Waals surface area contributed by atoms with Crippen LogP contribution in [-0.4, -0.2) is 13.0 Å². The Morgan fingerprint density at radius 2 is 1.75 bits per heavy atom. The van der Waals surface area contributed by atoms with E-state index in [9.17, 15) is 9.59 Å². The normalized spacial score (nSPS) is 11.1. The van der Waals surface area contributed by atoms with E-state index in [0.717, 1.165) is 16.5 Å².